The Hall–Kier alpha value is -2.55. The van der Waals surface area contributed by atoms with Gasteiger partial charge in [-0.2, -0.15) is 0 Å². The minimum atomic E-state index is 0.625. The van der Waals surface area contributed by atoms with Crippen LogP contribution in [0.3, 0.4) is 0 Å². The van der Waals surface area contributed by atoms with Crippen LogP contribution < -0.4 is 10.1 Å². The summed E-state index contributed by atoms with van der Waals surface area (Å²) in [5.74, 6) is 0.898. The van der Waals surface area contributed by atoms with Gasteiger partial charge in [0.1, 0.15) is 12.4 Å². The molecule has 0 spiro atoms. The van der Waals surface area contributed by atoms with Crippen molar-refractivity contribution in [2.75, 3.05) is 18.5 Å². The SMILES string of the molecule is Cc1cc(NCCOc2ccccc2)c2ccccc2n1. The third-order valence-corrected chi connectivity index (χ3v) is 3.27. The summed E-state index contributed by atoms with van der Waals surface area (Å²) >= 11 is 0. The normalized spacial score (nSPS) is 10.5. The Morgan fingerprint density at radius 1 is 1.00 bits per heavy atom. The molecule has 0 unspecified atom stereocenters. The van der Waals surface area contributed by atoms with Gasteiger partial charge < -0.3 is 10.1 Å². The van der Waals surface area contributed by atoms with Gasteiger partial charge in [-0.25, -0.2) is 0 Å². The monoisotopic (exact) mass is 278 g/mol. The summed E-state index contributed by atoms with van der Waals surface area (Å²) in [6.45, 7) is 3.39. The van der Waals surface area contributed by atoms with Crippen molar-refractivity contribution in [2.45, 2.75) is 6.92 Å². The first kappa shape index (κ1) is 13.4. The summed E-state index contributed by atoms with van der Waals surface area (Å²) in [4.78, 5) is 4.54. The van der Waals surface area contributed by atoms with E-state index in [-0.39, 0.29) is 0 Å². The Bertz CT molecular complexity index is 726. The zero-order valence-electron chi connectivity index (χ0n) is 12.0. The molecular weight excluding hydrogens is 260 g/mol. The molecule has 106 valence electrons. The first-order valence-corrected chi connectivity index (χ1v) is 7.11. The number of nitrogens with one attached hydrogen (secondary N) is 1. The molecule has 1 N–H and O–H groups in total. The van der Waals surface area contributed by atoms with Crippen molar-refractivity contribution < 1.29 is 4.74 Å². The molecule has 3 heteroatoms. The minimum absolute atomic E-state index is 0.625. The smallest absolute Gasteiger partial charge is 0.119 e. The molecule has 3 rings (SSSR count). The molecule has 2 aromatic carbocycles. The van der Waals surface area contributed by atoms with Gasteiger partial charge in [0.05, 0.1) is 5.52 Å². The Balaban J connectivity index is 1.65. The fraction of sp³-hybridized carbons (Fsp3) is 0.167. The highest BCUT2D eigenvalue weighted by molar-refractivity contribution is 5.91. The quantitative estimate of drug-likeness (QED) is 0.715. The molecule has 0 aliphatic heterocycles. The number of anilines is 1. The van der Waals surface area contributed by atoms with Gasteiger partial charge in [0.25, 0.3) is 0 Å². The van der Waals surface area contributed by atoms with E-state index in [0.29, 0.717) is 6.61 Å². The lowest BCUT2D eigenvalue weighted by atomic mass is 10.1. The predicted octanol–water partition coefficient (Wildman–Crippen LogP) is 4.03. The maximum Gasteiger partial charge on any atom is 0.119 e. The Morgan fingerprint density at radius 3 is 2.62 bits per heavy atom. The van der Waals surface area contributed by atoms with Crippen molar-refractivity contribution in [3.8, 4) is 5.75 Å². The second-order valence-electron chi connectivity index (χ2n) is 4.92. The summed E-state index contributed by atoms with van der Waals surface area (Å²) in [7, 11) is 0. The molecule has 0 atom stereocenters. The van der Waals surface area contributed by atoms with E-state index < -0.39 is 0 Å². The standard InChI is InChI=1S/C18H18N2O/c1-14-13-18(16-9-5-6-10-17(16)20-14)19-11-12-21-15-7-3-2-4-8-15/h2-10,13H,11-12H2,1H3,(H,19,20). The molecule has 0 amide bonds. The number of hydrogen-bond acceptors (Lipinski definition) is 3. The molecule has 0 radical (unpaired) electrons. The summed E-state index contributed by atoms with van der Waals surface area (Å²) in [5.41, 5.74) is 3.14. The summed E-state index contributed by atoms with van der Waals surface area (Å²) < 4.78 is 5.69. The van der Waals surface area contributed by atoms with Crippen molar-refractivity contribution in [1.82, 2.24) is 4.98 Å². The fourth-order valence-electron chi connectivity index (χ4n) is 2.33. The van der Waals surface area contributed by atoms with Crippen molar-refractivity contribution in [3.05, 3.63) is 66.4 Å². The number of nitrogens with zero attached hydrogens (tertiary/aromatic N) is 1. The number of para-hydroxylation sites is 2. The van der Waals surface area contributed by atoms with Crippen LogP contribution in [0.2, 0.25) is 0 Å². The highest BCUT2D eigenvalue weighted by atomic mass is 16.5. The Labute approximate surface area is 124 Å². The van der Waals surface area contributed by atoms with Gasteiger partial charge in [0.15, 0.2) is 0 Å². The van der Waals surface area contributed by atoms with E-state index in [4.69, 9.17) is 4.74 Å². The second-order valence-corrected chi connectivity index (χ2v) is 4.92. The number of benzene rings is 2. The lowest BCUT2D eigenvalue weighted by Crippen LogP contribution is -2.12. The van der Waals surface area contributed by atoms with Crippen LogP contribution in [0.15, 0.2) is 60.7 Å². The summed E-state index contributed by atoms with van der Waals surface area (Å²) in [6, 6.07) is 20.1. The first-order valence-electron chi connectivity index (χ1n) is 7.11. The van der Waals surface area contributed by atoms with Gasteiger partial charge in [-0.1, -0.05) is 36.4 Å². The van der Waals surface area contributed by atoms with Crippen LogP contribution in [0.4, 0.5) is 5.69 Å². The van der Waals surface area contributed by atoms with E-state index in [2.05, 4.69) is 22.4 Å². The van der Waals surface area contributed by atoms with Crippen molar-refractivity contribution in [2.24, 2.45) is 0 Å². The number of hydrogen-bond donors (Lipinski definition) is 1. The van der Waals surface area contributed by atoms with Crippen LogP contribution in [-0.2, 0) is 0 Å². The molecule has 1 heterocycles. The maximum absolute atomic E-state index is 5.69. The zero-order chi connectivity index (χ0) is 14.5. The molecular formula is C18H18N2O. The lowest BCUT2D eigenvalue weighted by molar-refractivity contribution is 0.333. The molecule has 1 aromatic heterocycles. The summed E-state index contributed by atoms with van der Waals surface area (Å²) in [5, 5.41) is 4.58. The zero-order valence-corrected chi connectivity index (χ0v) is 12.0. The average molecular weight is 278 g/mol. The number of aromatic nitrogens is 1. The van der Waals surface area contributed by atoms with Gasteiger partial charge >= 0.3 is 0 Å². The lowest BCUT2D eigenvalue weighted by Gasteiger charge is -2.11. The van der Waals surface area contributed by atoms with Gasteiger partial charge in [-0.3, -0.25) is 4.98 Å². The van der Waals surface area contributed by atoms with Crippen LogP contribution >= 0.6 is 0 Å². The van der Waals surface area contributed by atoms with Gasteiger partial charge in [-0.05, 0) is 31.2 Å². The molecule has 0 bridgehead atoms. The summed E-state index contributed by atoms with van der Waals surface area (Å²) in [6.07, 6.45) is 0. The highest BCUT2D eigenvalue weighted by Gasteiger charge is 2.02. The van der Waals surface area contributed by atoms with Gasteiger partial charge in [-0.15, -0.1) is 0 Å². The van der Waals surface area contributed by atoms with Crippen LogP contribution in [-0.4, -0.2) is 18.1 Å². The van der Waals surface area contributed by atoms with E-state index in [1.54, 1.807) is 0 Å². The fourth-order valence-corrected chi connectivity index (χ4v) is 2.33. The minimum Gasteiger partial charge on any atom is -0.492 e. The van der Waals surface area contributed by atoms with Crippen LogP contribution in [0.25, 0.3) is 10.9 Å². The van der Waals surface area contributed by atoms with E-state index in [9.17, 15) is 0 Å². The molecule has 0 saturated carbocycles. The molecule has 0 fully saturated rings. The van der Waals surface area contributed by atoms with Gasteiger partial charge in [0.2, 0.25) is 0 Å². The number of aryl methyl sites for hydroxylation is 1. The maximum atomic E-state index is 5.69. The molecule has 3 aromatic rings. The average Bonchev–Trinajstić information content (AvgIpc) is 2.52. The van der Waals surface area contributed by atoms with E-state index in [1.165, 1.54) is 0 Å². The molecule has 3 nitrogen and oxygen atoms in total. The van der Waals surface area contributed by atoms with Crippen LogP contribution in [0.1, 0.15) is 5.69 Å². The Kier molecular flexibility index (Phi) is 4.01. The largest absolute Gasteiger partial charge is 0.492 e. The number of ether oxygens (including phenoxy) is 1. The third-order valence-electron chi connectivity index (χ3n) is 3.27. The van der Waals surface area contributed by atoms with Gasteiger partial charge in [0, 0.05) is 23.3 Å². The second kappa shape index (κ2) is 6.27. The first-order chi connectivity index (χ1) is 10.3. The molecule has 0 saturated heterocycles. The van der Waals surface area contributed by atoms with Crippen molar-refractivity contribution in [1.29, 1.82) is 0 Å². The van der Waals surface area contributed by atoms with Crippen LogP contribution in [0.5, 0.6) is 5.75 Å². The number of pyridine rings is 1. The molecule has 21 heavy (non-hydrogen) atoms. The molecule has 0 aliphatic carbocycles. The third kappa shape index (κ3) is 3.31. The van der Waals surface area contributed by atoms with E-state index in [1.807, 2.05) is 55.5 Å². The predicted molar refractivity (Wildman–Crippen MR) is 86.9 cm³/mol. The topological polar surface area (TPSA) is 34.1 Å². The van der Waals surface area contributed by atoms with Crippen molar-refractivity contribution >= 4 is 16.6 Å². The highest BCUT2D eigenvalue weighted by Crippen LogP contribution is 2.22. The molecule has 0 aliphatic rings. The van der Waals surface area contributed by atoms with E-state index in [0.717, 1.165) is 34.6 Å². The number of rotatable bonds is 5. The van der Waals surface area contributed by atoms with Crippen molar-refractivity contribution in [3.63, 3.8) is 0 Å². The number of fused-ring (bicyclic) bond motifs is 1. The Morgan fingerprint density at radius 2 is 1.76 bits per heavy atom. The van der Waals surface area contributed by atoms with E-state index >= 15 is 0 Å². The van der Waals surface area contributed by atoms with Crippen LogP contribution in [0, 0.1) is 6.92 Å².